The summed E-state index contributed by atoms with van der Waals surface area (Å²) in [4.78, 5) is 24.0. The molecule has 0 saturated heterocycles. The van der Waals surface area contributed by atoms with Crippen molar-refractivity contribution in [3.05, 3.63) is 24.3 Å². The molecule has 0 saturated carbocycles. The van der Waals surface area contributed by atoms with E-state index in [1.54, 1.807) is 26.8 Å². The standard InChI is InChI=1S/C20H32N2O5S/c1-5-6-7-8-9-14-17(23)22-28(26,27)16-13-11-10-12-15(16)21-19(25)18(24)20(2,3)4/h10-13,18,24H,5-9,14H2,1-4H3,(H,21,25)(H,22,23). The second-order valence-electron chi connectivity index (χ2n) is 7.95. The van der Waals surface area contributed by atoms with Gasteiger partial charge in [-0.3, -0.25) is 9.59 Å². The van der Waals surface area contributed by atoms with E-state index in [1.807, 2.05) is 0 Å². The van der Waals surface area contributed by atoms with Crippen LogP contribution in [0.3, 0.4) is 0 Å². The largest absolute Gasteiger partial charge is 0.383 e. The van der Waals surface area contributed by atoms with Crippen LogP contribution in [0.5, 0.6) is 0 Å². The van der Waals surface area contributed by atoms with Crippen LogP contribution < -0.4 is 10.0 Å². The number of sulfonamides is 1. The molecule has 3 N–H and O–H groups in total. The lowest BCUT2D eigenvalue weighted by Crippen LogP contribution is -2.39. The predicted octanol–water partition coefficient (Wildman–Crippen LogP) is 3.20. The average Bonchev–Trinajstić information content (AvgIpc) is 2.60. The third-order valence-electron chi connectivity index (χ3n) is 4.26. The number of para-hydroxylation sites is 1. The quantitative estimate of drug-likeness (QED) is 0.511. The molecule has 0 aliphatic carbocycles. The van der Waals surface area contributed by atoms with Gasteiger partial charge in [-0.15, -0.1) is 0 Å². The minimum absolute atomic E-state index is 0.0130. The minimum Gasteiger partial charge on any atom is -0.383 e. The van der Waals surface area contributed by atoms with Gasteiger partial charge in [-0.25, -0.2) is 13.1 Å². The van der Waals surface area contributed by atoms with Crippen LogP contribution in [-0.4, -0.2) is 31.4 Å². The number of benzene rings is 1. The monoisotopic (exact) mass is 412 g/mol. The van der Waals surface area contributed by atoms with Crippen LogP contribution in [-0.2, 0) is 19.6 Å². The van der Waals surface area contributed by atoms with E-state index >= 15 is 0 Å². The van der Waals surface area contributed by atoms with Gasteiger partial charge in [0.15, 0.2) is 0 Å². The van der Waals surface area contributed by atoms with Crippen LogP contribution in [0, 0.1) is 5.41 Å². The molecule has 28 heavy (non-hydrogen) atoms. The van der Waals surface area contributed by atoms with Crippen LogP contribution in [0.4, 0.5) is 5.69 Å². The van der Waals surface area contributed by atoms with E-state index in [-0.39, 0.29) is 17.0 Å². The van der Waals surface area contributed by atoms with Crippen molar-refractivity contribution in [1.29, 1.82) is 0 Å². The third-order valence-corrected chi connectivity index (χ3v) is 5.69. The number of anilines is 1. The van der Waals surface area contributed by atoms with E-state index < -0.39 is 33.4 Å². The SMILES string of the molecule is CCCCCCCC(=O)NS(=O)(=O)c1ccccc1NC(=O)C(O)C(C)(C)C. The third kappa shape index (κ3) is 7.59. The highest BCUT2D eigenvalue weighted by molar-refractivity contribution is 7.90. The van der Waals surface area contributed by atoms with E-state index in [0.29, 0.717) is 6.42 Å². The molecular formula is C20H32N2O5S. The van der Waals surface area contributed by atoms with Crippen molar-refractivity contribution in [2.45, 2.75) is 77.2 Å². The van der Waals surface area contributed by atoms with Gasteiger partial charge in [-0.2, -0.15) is 0 Å². The number of carbonyl (C=O) groups is 2. The molecule has 0 spiro atoms. The Balaban J connectivity index is 2.84. The Kier molecular flexibility index (Phi) is 9.10. The lowest BCUT2D eigenvalue weighted by Gasteiger charge is -2.25. The number of rotatable bonds is 10. The highest BCUT2D eigenvalue weighted by Crippen LogP contribution is 2.24. The molecular weight excluding hydrogens is 380 g/mol. The van der Waals surface area contributed by atoms with E-state index in [0.717, 1.165) is 25.7 Å². The molecule has 0 radical (unpaired) electrons. The zero-order valence-electron chi connectivity index (χ0n) is 17.1. The minimum atomic E-state index is -4.14. The maximum absolute atomic E-state index is 12.6. The summed E-state index contributed by atoms with van der Waals surface area (Å²) in [5.74, 6) is -1.29. The van der Waals surface area contributed by atoms with Gasteiger partial charge in [-0.05, 0) is 24.0 Å². The summed E-state index contributed by atoms with van der Waals surface area (Å²) in [7, 11) is -4.14. The average molecular weight is 413 g/mol. The Morgan fingerprint density at radius 3 is 2.29 bits per heavy atom. The van der Waals surface area contributed by atoms with Crippen molar-refractivity contribution in [2.24, 2.45) is 5.41 Å². The Hall–Kier alpha value is -1.93. The molecule has 0 aliphatic heterocycles. The van der Waals surface area contributed by atoms with Crippen LogP contribution in [0.1, 0.15) is 66.2 Å². The summed E-state index contributed by atoms with van der Waals surface area (Å²) < 4.78 is 27.3. The van der Waals surface area contributed by atoms with Gasteiger partial charge in [-0.1, -0.05) is 65.5 Å². The molecule has 8 heteroatoms. The predicted molar refractivity (Wildman–Crippen MR) is 109 cm³/mol. The number of aliphatic hydroxyl groups is 1. The van der Waals surface area contributed by atoms with Gasteiger partial charge in [0.25, 0.3) is 15.9 Å². The van der Waals surface area contributed by atoms with Crippen molar-refractivity contribution in [3.63, 3.8) is 0 Å². The summed E-state index contributed by atoms with van der Waals surface area (Å²) in [6, 6.07) is 5.78. The summed E-state index contributed by atoms with van der Waals surface area (Å²) in [5.41, 5.74) is -0.691. The molecule has 0 bridgehead atoms. The fourth-order valence-corrected chi connectivity index (χ4v) is 3.72. The maximum Gasteiger partial charge on any atom is 0.266 e. The van der Waals surface area contributed by atoms with Crippen molar-refractivity contribution in [1.82, 2.24) is 4.72 Å². The Bertz CT molecular complexity index is 769. The first-order chi connectivity index (χ1) is 13.0. The fraction of sp³-hybridized carbons (Fsp3) is 0.600. The van der Waals surface area contributed by atoms with Gasteiger partial charge in [0.1, 0.15) is 11.0 Å². The lowest BCUT2D eigenvalue weighted by atomic mass is 9.88. The second kappa shape index (κ2) is 10.6. The van der Waals surface area contributed by atoms with Gasteiger partial charge in [0.05, 0.1) is 5.69 Å². The molecule has 7 nitrogen and oxygen atoms in total. The number of unbranched alkanes of at least 4 members (excludes halogenated alkanes) is 4. The van der Waals surface area contributed by atoms with E-state index in [9.17, 15) is 23.1 Å². The Morgan fingerprint density at radius 1 is 1.07 bits per heavy atom. The first-order valence-electron chi connectivity index (χ1n) is 9.62. The van der Waals surface area contributed by atoms with E-state index in [1.165, 1.54) is 18.2 Å². The molecule has 0 heterocycles. The normalized spacial score (nSPS) is 13.0. The van der Waals surface area contributed by atoms with Crippen molar-refractivity contribution in [2.75, 3.05) is 5.32 Å². The zero-order valence-corrected chi connectivity index (χ0v) is 17.9. The number of carbonyl (C=O) groups excluding carboxylic acids is 2. The van der Waals surface area contributed by atoms with Gasteiger partial charge in [0, 0.05) is 6.42 Å². The number of hydrogen-bond acceptors (Lipinski definition) is 5. The molecule has 1 aromatic carbocycles. The summed E-state index contributed by atoms with van der Waals surface area (Å²) >= 11 is 0. The topological polar surface area (TPSA) is 113 Å². The van der Waals surface area contributed by atoms with Gasteiger partial charge < -0.3 is 10.4 Å². The number of nitrogens with one attached hydrogen (secondary N) is 2. The van der Waals surface area contributed by atoms with Gasteiger partial charge >= 0.3 is 0 Å². The summed E-state index contributed by atoms with van der Waals surface area (Å²) in [5, 5.41) is 12.5. The van der Waals surface area contributed by atoms with Crippen LogP contribution in [0.25, 0.3) is 0 Å². The second-order valence-corrected chi connectivity index (χ2v) is 9.60. The van der Waals surface area contributed by atoms with E-state index in [2.05, 4.69) is 17.0 Å². The molecule has 0 fully saturated rings. The molecule has 2 amide bonds. The molecule has 1 unspecified atom stereocenters. The Morgan fingerprint density at radius 2 is 1.68 bits per heavy atom. The molecule has 158 valence electrons. The van der Waals surface area contributed by atoms with Crippen LogP contribution in [0.2, 0.25) is 0 Å². The molecule has 1 atom stereocenters. The number of hydrogen-bond donors (Lipinski definition) is 3. The van der Waals surface area contributed by atoms with Crippen LogP contribution >= 0.6 is 0 Å². The molecule has 1 rings (SSSR count). The first-order valence-corrected chi connectivity index (χ1v) is 11.1. The maximum atomic E-state index is 12.6. The summed E-state index contributed by atoms with van der Waals surface area (Å²) in [6.45, 7) is 7.18. The van der Waals surface area contributed by atoms with Crippen molar-refractivity contribution in [3.8, 4) is 0 Å². The zero-order chi connectivity index (χ0) is 21.4. The molecule has 1 aromatic rings. The molecule has 0 aromatic heterocycles. The lowest BCUT2D eigenvalue weighted by molar-refractivity contribution is -0.129. The number of aliphatic hydroxyl groups excluding tert-OH is 1. The fourth-order valence-electron chi connectivity index (χ4n) is 2.54. The van der Waals surface area contributed by atoms with Crippen LogP contribution in [0.15, 0.2) is 29.2 Å². The first kappa shape index (κ1) is 24.1. The smallest absolute Gasteiger partial charge is 0.266 e. The summed E-state index contributed by atoms with van der Waals surface area (Å²) in [6.07, 6.45) is 3.50. The highest BCUT2D eigenvalue weighted by Gasteiger charge is 2.30. The van der Waals surface area contributed by atoms with Gasteiger partial charge in [0.2, 0.25) is 5.91 Å². The van der Waals surface area contributed by atoms with E-state index in [4.69, 9.17) is 0 Å². The molecule has 0 aliphatic rings. The van der Waals surface area contributed by atoms with Crippen molar-refractivity contribution < 1.29 is 23.1 Å². The Labute approximate surface area is 168 Å². The van der Waals surface area contributed by atoms with Crippen molar-refractivity contribution >= 4 is 27.5 Å². The highest BCUT2D eigenvalue weighted by atomic mass is 32.2. The number of amides is 2.